The summed E-state index contributed by atoms with van der Waals surface area (Å²) in [5.74, 6) is 0.913. The van der Waals surface area contributed by atoms with E-state index in [9.17, 15) is 0 Å². The smallest absolute Gasteiger partial charge is 0.126 e. The number of thioether (sulfide) groups is 2. The zero-order valence-corrected chi connectivity index (χ0v) is 10.6. The summed E-state index contributed by atoms with van der Waals surface area (Å²) in [7, 11) is 0. The molecule has 1 heterocycles. The van der Waals surface area contributed by atoms with E-state index < -0.39 is 0 Å². The topological polar surface area (TPSA) is 45.0 Å². The lowest BCUT2D eigenvalue weighted by Gasteiger charge is -2.14. The van der Waals surface area contributed by atoms with Crippen molar-refractivity contribution in [2.45, 2.75) is 38.0 Å². The first-order valence-electron chi connectivity index (χ1n) is 4.45. The molecule has 0 radical (unpaired) electrons. The maximum Gasteiger partial charge on any atom is 0.126 e. The molecule has 0 unspecified atom stereocenters. The molecular weight excluding hydrogens is 216 g/mol. The molecule has 80 valence electrons. The highest BCUT2D eigenvalue weighted by molar-refractivity contribution is 8.42. The van der Waals surface area contributed by atoms with Gasteiger partial charge in [-0.25, -0.2) is 0 Å². The van der Waals surface area contributed by atoms with Crippen LogP contribution in [-0.4, -0.2) is 31.8 Å². The minimum atomic E-state index is -0.108. The molecule has 1 aliphatic heterocycles. The predicted octanol–water partition coefficient (Wildman–Crippen LogP) is 2.84. The minimum absolute atomic E-state index is 0.0308. The Labute approximate surface area is 93.4 Å². The van der Waals surface area contributed by atoms with Crippen LogP contribution in [0, 0.1) is 0 Å². The van der Waals surface area contributed by atoms with E-state index in [0.717, 1.165) is 10.1 Å². The second kappa shape index (κ2) is 4.14. The van der Waals surface area contributed by atoms with E-state index in [1.54, 1.807) is 29.7 Å². The maximum atomic E-state index is 8.52. The lowest BCUT2D eigenvalue weighted by Crippen LogP contribution is -2.21. The van der Waals surface area contributed by atoms with Gasteiger partial charge in [0.15, 0.2) is 0 Å². The molecule has 0 saturated carbocycles. The van der Waals surface area contributed by atoms with E-state index in [1.807, 2.05) is 0 Å². The quantitative estimate of drug-likeness (QED) is 0.429. The molecule has 5 heteroatoms. The van der Waals surface area contributed by atoms with Crippen molar-refractivity contribution in [1.29, 1.82) is 0 Å². The van der Waals surface area contributed by atoms with Crippen molar-refractivity contribution >= 4 is 34.1 Å². The Kier molecular flexibility index (Phi) is 3.53. The van der Waals surface area contributed by atoms with Gasteiger partial charge in [-0.15, -0.1) is 5.16 Å². The van der Waals surface area contributed by atoms with E-state index in [0.29, 0.717) is 0 Å². The molecule has 0 amide bonds. The Morgan fingerprint density at radius 3 is 2.64 bits per heavy atom. The van der Waals surface area contributed by atoms with Crippen LogP contribution >= 0.6 is 23.5 Å². The summed E-state index contributed by atoms with van der Waals surface area (Å²) < 4.78 is 0.976. The van der Waals surface area contributed by atoms with E-state index in [1.165, 1.54) is 0 Å². The molecule has 0 aliphatic carbocycles. The monoisotopic (exact) mass is 232 g/mol. The molecule has 0 bridgehead atoms. The minimum Gasteiger partial charge on any atom is -0.411 e. The third-order valence-electron chi connectivity index (χ3n) is 1.56. The lowest BCUT2D eigenvalue weighted by atomic mass is 10.1. The van der Waals surface area contributed by atoms with E-state index in [-0.39, 0.29) is 10.3 Å². The molecule has 0 spiro atoms. The van der Waals surface area contributed by atoms with Crippen molar-refractivity contribution in [3.05, 3.63) is 0 Å². The van der Waals surface area contributed by atoms with Crippen molar-refractivity contribution in [2.75, 3.05) is 5.75 Å². The molecule has 1 saturated heterocycles. The van der Waals surface area contributed by atoms with Crippen molar-refractivity contribution in [2.24, 2.45) is 10.1 Å². The summed E-state index contributed by atoms with van der Waals surface area (Å²) in [4.78, 5) is 4.59. The van der Waals surface area contributed by atoms with Crippen LogP contribution in [-0.2, 0) is 0 Å². The fourth-order valence-corrected chi connectivity index (χ4v) is 4.02. The van der Waals surface area contributed by atoms with Crippen LogP contribution in [0.5, 0.6) is 0 Å². The molecular formula is C9H16N2OS2. The molecule has 1 atom stereocenters. The van der Waals surface area contributed by atoms with Crippen LogP contribution < -0.4 is 0 Å². The van der Waals surface area contributed by atoms with Gasteiger partial charge < -0.3 is 5.21 Å². The third-order valence-corrected chi connectivity index (χ3v) is 4.41. The molecule has 3 nitrogen and oxygen atoms in total. The summed E-state index contributed by atoms with van der Waals surface area (Å²) in [6.07, 6.45) is 1.58. The number of aliphatic imine (C=N–C) groups is 1. The summed E-state index contributed by atoms with van der Waals surface area (Å²) in [5.41, 5.74) is -0.0308. The summed E-state index contributed by atoms with van der Waals surface area (Å²) in [6.45, 7) is 8.29. The highest BCUT2D eigenvalue weighted by Crippen LogP contribution is 2.41. The number of rotatable bonds is 1. The van der Waals surface area contributed by atoms with Gasteiger partial charge >= 0.3 is 0 Å². The molecule has 1 N–H and O–H groups in total. The Bertz CT molecular complexity index is 270. The average Bonchev–Trinajstić information content (AvgIpc) is 2.29. The van der Waals surface area contributed by atoms with Crippen LogP contribution in [0.2, 0.25) is 0 Å². The van der Waals surface area contributed by atoms with Gasteiger partial charge in [-0.05, 0) is 27.7 Å². The van der Waals surface area contributed by atoms with Crippen molar-refractivity contribution in [1.82, 2.24) is 0 Å². The molecule has 0 aromatic heterocycles. The Morgan fingerprint density at radius 2 is 2.14 bits per heavy atom. The second-order valence-corrected chi connectivity index (χ2v) is 7.24. The van der Waals surface area contributed by atoms with Crippen LogP contribution in [0.4, 0.5) is 0 Å². The molecule has 1 rings (SSSR count). The zero-order valence-electron chi connectivity index (χ0n) is 8.94. The lowest BCUT2D eigenvalue weighted by molar-refractivity contribution is 0.320. The highest BCUT2D eigenvalue weighted by Gasteiger charge is 2.34. The van der Waals surface area contributed by atoms with E-state index in [4.69, 9.17) is 5.21 Å². The molecule has 1 aliphatic rings. The van der Waals surface area contributed by atoms with Crippen LogP contribution in [0.25, 0.3) is 0 Å². The van der Waals surface area contributed by atoms with Gasteiger partial charge in [-0.3, -0.25) is 4.99 Å². The second-order valence-electron chi connectivity index (χ2n) is 4.50. The Balaban J connectivity index is 2.70. The van der Waals surface area contributed by atoms with Gasteiger partial charge in [0, 0.05) is 5.75 Å². The largest absolute Gasteiger partial charge is 0.411 e. The first-order chi connectivity index (χ1) is 6.35. The molecule has 0 aromatic carbocycles. The van der Waals surface area contributed by atoms with E-state index >= 15 is 0 Å². The number of oxime groups is 1. The van der Waals surface area contributed by atoms with E-state index in [2.05, 4.69) is 37.8 Å². The predicted molar refractivity (Wildman–Crippen MR) is 65.9 cm³/mol. The van der Waals surface area contributed by atoms with Crippen molar-refractivity contribution in [3.63, 3.8) is 0 Å². The number of nitrogens with zero attached hydrogens (tertiary/aromatic N) is 2. The third kappa shape index (κ3) is 3.53. The normalized spacial score (nSPS) is 31.9. The molecule has 0 aromatic rings. The first-order valence-corrected chi connectivity index (χ1v) is 6.25. The highest BCUT2D eigenvalue weighted by atomic mass is 32.2. The number of hydrogen-bond acceptors (Lipinski definition) is 5. The maximum absolute atomic E-state index is 8.52. The van der Waals surface area contributed by atoms with Gasteiger partial charge in [0.05, 0.1) is 16.5 Å². The van der Waals surface area contributed by atoms with Crippen molar-refractivity contribution in [3.8, 4) is 0 Å². The molecule has 14 heavy (non-hydrogen) atoms. The standard InChI is InChI=1S/C9H16N2OS2/c1-8(2,3)11-7-13-6-9(4,14-7)5-10-12/h5,12H,6H2,1-4H3/b10-5-,11-7?/t9-/m0/s1. The summed E-state index contributed by atoms with van der Waals surface area (Å²) in [6, 6.07) is 0. The van der Waals surface area contributed by atoms with Gasteiger partial charge in [0.2, 0.25) is 0 Å². The van der Waals surface area contributed by atoms with Gasteiger partial charge in [-0.1, -0.05) is 23.5 Å². The average molecular weight is 232 g/mol. The van der Waals surface area contributed by atoms with Crippen molar-refractivity contribution < 1.29 is 5.21 Å². The Hall–Kier alpha value is -0.160. The zero-order chi connectivity index (χ0) is 10.8. The SMILES string of the molecule is CC(C)(C)N=C1SC[C@](C)(/C=N\O)S1. The fraction of sp³-hybridized carbons (Fsp3) is 0.778. The van der Waals surface area contributed by atoms with Gasteiger partial charge in [0.25, 0.3) is 0 Å². The molecule has 1 fully saturated rings. The Morgan fingerprint density at radius 1 is 1.50 bits per heavy atom. The van der Waals surface area contributed by atoms with Gasteiger partial charge in [-0.2, -0.15) is 0 Å². The van der Waals surface area contributed by atoms with Crippen LogP contribution in [0.3, 0.4) is 0 Å². The van der Waals surface area contributed by atoms with Crippen LogP contribution in [0.15, 0.2) is 10.1 Å². The van der Waals surface area contributed by atoms with Crippen LogP contribution in [0.1, 0.15) is 27.7 Å². The first kappa shape index (κ1) is 11.9. The summed E-state index contributed by atoms with van der Waals surface area (Å²) in [5, 5.41) is 11.6. The fourth-order valence-electron chi connectivity index (χ4n) is 0.978. The summed E-state index contributed by atoms with van der Waals surface area (Å²) >= 11 is 3.39. The number of hydrogen-bond donors (Lipinski definition) is 1. The van der Waals surface area contributed by atoms with Gasteiger partial charge in [0.1, 0.15) is 4.38 Å².